The number of benzene rings is 3. The van der Waals surface area contributed by atoms with Gasteiger partial charge in [-0.05, 0) is 69.3 Å². The van der Waals surface area contributed by atoms with Crippen LogP contribution in [0.5, 0.6) is 5.75 Å². The summed E-state index contributed by atoms with van der Waals surface area (Å²) in [5, 5.41) is 3.67. The Morgan fingerprint density at radius 3 is 2.15 bits per heavy atom. The maximum absolute atomic E-state index is 14.0. The van der Waals surface area contributed by atoms with Gasteiger partial charge in [-0.15, -0.1) is 0 Å². The molecule has 3 aromatic carbocycles. The monoisotopic (exact) mass is 625 g/mol. The van der Waals surface area contributed by atoms with Crippen molar-refractivity contribution in [2.75, 3.05) is 24.0 Å². The fourth-order valence-corrected chi connectivity index (χ4v) is 6.01. The van der Waals surface area contributed by atoms with Crippen molar-refractivity contribution in [3.05, 3.63) is 87.4 Å². The van der Waals surface area contributed by atoms with Crippen LogP contribution in [0.2, 0.25) is 15.1 Å². The first-order valence-corrected chi connectivity index (χ1v) is 15.1. The molecule has 3 aromatic rings. The van der Waals surface area contributed by atoms with Crippen molar-refractivity contribution in [1.82, 2.24) is 10.2 Å². The van der Waals surface area contributed by atoms with E-state index in [2.05, 4.69) is 5.32 Å². The van der Waals surface area contributed by atoms with E-state index in [9.17, 15) is 18.0 Å². The molecule has 1 unspecified atom stereocenters. The van der Waals surface area contributed by atoms with E-state index in [-0.39, 0.29) is 29.5 Å². The fourth-order valence-electron chi connectivity index (χ4n) is 3.95. The van der Waals surface area contributed by atoms with E-state index < -0.39 is 34.4 Å². The molecule has 0 aromatic heterocycles. The SMILES string of the molecule is CCNC(=O)C(C)N(Cc1c(Cl)cccc1Cl)C(=O)CN(c1ccccc1OCC)S(=O)(=O)c1ccc(Cl)cc1. The summed E-state index contributed by atoms with van der Waals surface area (Å²) in [6, 6.07) is 16.1. The van der Waals surface area contributed by atoms with Gasteiger partial charge in [-0.1, -0.05) is 53.0 Å². The lowest BCUT2D eigenvalue weighted by atomic mass is 10.1. The minimum absolute atomic E-state index is 0.0755. The largest absolute Gasteiger partial charge is 0.492 e. The molecule has 2 amide bonds. The van der Waals surface area contributed by atoms with E-state index in [1.807, 2.05) is 0 Å². The summed E-state index contributed by atoms with van der Waals surface area (Å²) < 4.78 is 34.6. The second-order valence-electron chi connectivity index (χ2n) is 8.66. The van der Waals surface area contributed by atoms with Crippen molar-refractivity contribution < 1.29 is 22.7 Å². The van der Waals surface area contributed by atoms with E-state index in [0.717, 1.165) is 4.31 Å². The van der Waals surface area contributed by atoms with E-state index >= 15 is 0 Å². The molecule has 0 radical (unpaired) electrons. The van der Waals surface area contributed by atoms with Crippen molar-refractivity contribution in [3.8, 4) is 5.75 Å². The lowest BCUT2D eigenvalue weighted by Crippen LogP contribution is -2.51. The average Bonchev–Trinajstić information content (AvgIpc) is 2.92. The number of amides is 2. The number of nitrogens with zero attached hydrogens (tertiary/aromatic N) is 2. The molecule has 0 spiro atoms. The summed E-state index contributed by atoms with van der Waals surface area (Å²) in [6.45, 7) is 4.93. The third-order valence-corrected chi connectivity index (χ3v) is 8.76. The summed E-state index contributed by atoms with van der Waals surface area (Å²) in [6.07, 6.45) is 0. The van der Waals surface area contributed by atoms with Crippen molar-refractivity contribution >= 4 is 62.3 Å². The topological polar surface area (TPSA) is 96.0 Å². The fraction of sp³-hybridized carbons (Fsp3) is 0.286. The van der Waals surface area contributed by atoms with Crippen molar-refractivity contribution in [3.63, 3.8) is 0 Å². The normalized spacial score (nSPS) is 11.9. The van der Waals surface area contributed by atoms with Crippen LogP contribution in [0, 0.1) is 0 Å². The molecule has 40 heavy (non-hydrogen) atoms. The number of likely N-dealkylation sites (N-methyl/N-ethyl adjacent to an activating group) is 1. The zero-order valence-electron chi connectivity index (χ0n) is 22.2. The molecule has 1 N–H and O–H groups in total. The average molecular weight is 627 g/mol. The Morgan fingerprint density at radius 1 is 0.925 bits per heavy atom. The van der Waals surface area contributed by atoms with Gasteiger partial charge >= 0.3 is 0 Å². The first kappa shape index (κ1) is 31.5. The number of hydrogen-bond donors (Lipinski definition) is 1. The van der Waals surface area contributed by atoms with E-state index in [1.165, 1.54) is 29.2 Å². The van der Waals surface area contributed by atoms with Gasteiger partial charge in [-0.25, -0.2) is 8.42 Å². The molecular formula is C28H30Cl3N3O5S. The predicted molar refractivity (Wildman–Crippen MR) is 159 cm³/mol. The van der Waals surface area contributed by atoms with Gasteiger partial charge in [0.05, 0.1) is 17.2 Å². The molecule has 0 heterocycles. The zero-order valence-corrected chi connectivity index (χ0v) is 25.3. The highest BCUT2D eigenvalue weighted by Gasteiger charge is 2.34. The first-order chi connectivity index (χ1) is 19.0. The molecule has 3 rings (SSSR count). The van der Waals surface area contributed by atoms with Crippen LogP contribution >= 0.6 is 34.8 Å². The van der Waals surface area contributed by atoms with Crippen LogP contribution in [0.3, 0.4) is 0 Å². The van der Waals surface area contributed by atoms with Gasteiger partial charge in [0.1, 0.15) is 18.3 Å². The Hall–Kier alpha value is -2.98. The lowest BCUT2D eigenvalue weighted by molar-refractivity contribution is -0.139. The molecule has 8 nitrogen and oxygen atoms in total. The summed E-state index contributed by atoms with van der Waals surface area (Å²) in [7, 11) is -4.29. The van der Waals surface area contributed by atoms with Crippen molar-refractivity contribution in [2.45, 2.75) is 38.3 Å². The second kappa shape index (κ2) is 14.1. The Morgan fingerprint density at radius 2 is 1.55 bits per heavy atom. The molecule has 0 aliphatic rings. The number of halogens is 3. The summed E-state index contributed by atoms with van der Waals surface area (Å²) in [5.74, 6) is -0.799. The second-order valence-corrected chi connectivity index (χ2v) is 11.8. The number of nitrogens with one attached hydrogen (secondary N) is 1. The number of carbonyl (C=O) groups is 2. The zero-order chi connectivity index (χ0) is 29.4. The molecule has 0 fully saturated rings. The van der Waals surface area contributed by atoms with E-state index in [1.54, 1.807) is 63.2 Å². The van der Waals surface area contributed by atoms with Gasteiger partial charge < -0.3 is 15.0 Å². The van der Waals surface area contributed by atoms with Gasteiger partial charge in [0.15, 0.2) is 0 Å². The number of sulfonamides is 1. The molecule has 12 heteroatoms. The molecule has 0 bridgehead atoms. The minimum Gasteiger partial charge on any atom is -0.492 e. The minimum atomic E-state index is -4.29. The highest BCUT2D eigenvalue weighted by Crippen LogP contribution is 2.33. The Kier molecular flexibility index (Phi) is 11.1. The van der Waals surface area contributed by atoms with Gasteiger partial charge in [0.25, 0.3) is 10.0 Å². The van der Waals surface area contributed by atoms with Crippen LogP contribution < -0.4 is 14.4 Å². The Balaban J connectivity index is 2.12. The molecule has 0 saturated carbocycles. The van der Waals surface area contributed by atoms with Crippen LogP contribution in [-0.4, -0.2) is 50.9 Å². The number of para-hydroxylation sites is 2. The van der Waals surface area contributed by atoms with Gasteiger partial charge in [-0.2, -0.15) is 0 Å². The highest BCUT2D eigenvalue weighted by molar-refractivity contribution is 7.92. The molecule has 0 saturated heterocycles. The molecular weight excluding hydrogens is 597 g/mol. The van der Waals surface area contributed by atoms with Gasteiger partial charge in [-0.3, -0.25) is 13.9 Å². The first-order valence-electron chi connectivity index (χ1n) is 12.5. The third-order valence-electron chi connectivity index (χ3n) is 6.02. The summed E-state index contributed by atoms with van der Waals surface area (Å²) >= 11 is 18.8. The molecule has 0 aliphatic heterocycles. The standard InChI is InChI=1S/C28H30Cl3N3O5S/c1-4-32-28(36)19(3)33(17-22-23(30)9-8-10-24(22)31)27(35)18-34(25-11-6-7-12-26(25)39-5-2)40(37,38)21-15-13-20(29)14-16-21/h6-16,19H,4-5,17-18H2,1-3H3,(H,32,36). The smallest absolute Gasteiger partial charge is 0.264 e. The maximum Gasteiger partial charge on any atom is 0.264 e. The highest BCUT2D eigenvalue weighted by atomic mass is 35.5. The number of hydrogen-bond acceptors (Lipinski definition) is 5. The number of rotatable bonds is 12. The summed E-state index contributed by atoms with van der Waals surface area (Å²) in [4.78, 5) is 28.0. The lowest BCUT2D eigenvalue weighted by Gasteiger charge is -2.32. The summed E-state index contributed by atoms with van der Waals surface area (Å²) in [5.41, 5.74) is 0.589. The predicted octanol–water partition coefficient (Wildman–Crippen LogP) is 5.79. The maximum atomic E-state index is 14.0. The number of anilines is 1. The third kappa shape index (κ3) is 7.40. The molecule has 214 valence electrons. The molecule has 1 atom stereocenters. The Bertz CT molecular complexity index is 1430. The van der Waals surface area contributed by atoms with E-state index in [4.69, 9.17) is 39.5 Å². The van der Waals surface area contributed by atoms with Crippen molar-refractivity contribution in [1.29, 1.82) is 0 Å². The number of carbonyl (C=O) groups excluding carboxylic acids is 2. The van der Waals surface area contributed by atoms with Crippen LogP contribution in [0.15, 0.2) is 71.6 Å². The van der Waals surface area contributed by atoms with Crippen LogP contribution in [-0.2, 0) is 26.2 Å². The van der Waals surface area contributed by atoms with Gasteiger partial charge in [0, 0.05) is 33.7 Å². The number of ether oxygens (including phenoxy) is 1. The van der Waals surface area contributed by atoms with Gasteiger partial charge in [0.2, 0.25) is 11.8 Å². The molecule has 0 aliphatic carbocycles. The van der Waals surface area contributed by atoms with Crippen LogP contribution in [0.4, 0.5) is 5.69 Å². The van der Waals surface area contributed by atoms with Crippen LogP contribution in [0.1, 0.15) is 26.3 Å². The Labute approximate surface area is 249 Å². The van der Waals surface area contributed by atoms with E-state index in [0.29, 0.717) is 27.2 Å². The quantitative estimate of drug-likeness (QED) is 0.274. The van der Waals surface area contributed by atoms with Crippen LogP contribution in [0.25, 0.3) is 0 Å². The van der Waals surface area contributed by atoms with Crippen molar-refractivity contribution in [2.24, 2.45) is 0 Å².